The smallest absolute Gasteiger partial charge is 0.227 e. The van der Waals surface area contributed by atoms with Crippen LogP contribution in [0.15, 0.2) is 24.3 Å². The monoisotopic (exact) mass is 365 g/mol. The average molecular weight is 366 g/mol. The zero-order valence-electron chi connectivity index (χ0n) is 14.7. The Labute approximate surface area is 155 Å². The predicted molar refractivity (Wildman–Crippen MR) is 102 cm³/mol. The molecule has 1 aromatic carbocycles. The van der Waals surface area contributed by atoms with Crippen LogP contribution in [0, 0.1) is 17.8 Å². The lowest BCUT2D eigenvalue weighted by Crippen LogP contribution is -2.49. The third-order valence-electron chi connectivity index (χ3n) is 5.32. The molecule has 1 saturated heterocycles. The molecule has 3 rings (SSSR count). The molecule has 138 valence electrons. The molecule has 1 aliphatic heterocycles. The van der Waals surface area contributed by atoms with Crippen molar-refractivity contribution in [3.05, 3.63) is 29.8 Å². The van der Waals surface area contributed by atoms with Crippen molar-refractivity contribution in [1.82, 2.24) is 10.6 Å². The number of anilines is 1. The van der Waals surface area contributed by atoms with E-state index in [-0.39, 0.29) is 36.1 Å². The highest BCUT2D eigenvalue weighted by Crippen LogP contribution is 2.26. The molecule has 2 aliphatic rings. The van der Waals surface area contributed by atoms with Gasteiger partial charge in [-0.15, -0.1) is 12.4 Å². The molecule has 2 fully saturated rings. The molecular weight excluding hydrogens is 338 g/mol. The largest absolute Gasteiger partial charge is 0.352 e. The SMILES string of the molecule is CC(C(=O)NCc1cccc(NC(=O)C2CCCC2)c1)C1CNC1.Cl. The summed E-state index contributed by atoms with van der Waals surface area (Å²) in [5.74, 6) is 0.866. The molecule has 1 aliphatic carbocycles. The van der Waals surface area contributed by atoms with Crippen LogP contribution in [0.2, 0.25) is 0 Å². The van der Waals surface area contributed by atoms with E-state index in [4.69, 9.17) is 0 Å². The predicted octanol–water partition coefficient (Wildman–Crippen LogP) is 2.71. The van der Waals surface area contributed by atoms with Crippen LogP contribution in [0.25, 0.3) is 0 Å². The van der Waals surface area contributed by atoms with Gasteiger partial charge in [-0.3, -0.25) is 9.59 Å². The maximum Gasteiger partial charge on any atom is 0.227 e. The summed E-state index contributed by atoms with van der Waals surface area (Å²) in [6.07, 6.45) is 4.29. The van der Waals surface area contributed by atoms with Crippen LogP contribution in [0.5, 0.6) is 0 Å². The summed E-state index contributed by atoms with van der Waals surface area (Å²) in [7, 11) is 0. The minimum absolute atomic E-state index is 0. The molecule has 1 unspecified atom stereocenters. The maximum absolute atomic E-state index is 12.2. The molecule has 25 heavy (non-hydrogen) atoms. The number of rotatable bonds is 6. The van der Waals surface area contributed by atoms with Crippen LogP contribution in [0.3, 0.4) is 0 Å². The summed E-state index contributed by atoms with van der Waals surface area (Å²) in [6, 6.07) is 7.75. The van der Waals surface area contributed by atoms with Gasteiger partial charge < -0.3 is 16.0 Å². The number of halogens is 1. The fourth-order valence-corrected chi connectivity index (χ4v) is 3.42. The first kappa shape index (κ1) is 19.7. The molecule has 1 heterocycles. The molecule has 0 radical (unpaired) electrons. The van der Waals surface area contributed by atoms with Gasteiger partial charge >= 0.3 is 0 Å². The Morgan fingerprint density at radius 1 is 1.24 bits per heavy atom. The number of carbonyl (C=O) groups is 2. The zero-order chi connectivity index (χ0) is 16.9. The van der Waals surface area contributed by atoms with Gasteiger partial charge in [0.15, 0.2) is 0 Å². The Bertz CT molecular complexity index is 598. The van der Waals surface area contributed by atoms with Crippen LogP contribution in [0.1, 0.15) is 38.2 Å². The van der Waals surface area contributed by atoms with E-state index >= 15 is 0 Å². The fraction of sp³-hybridized carbons (Fsp3) is 0.579. The number of hydrogen-bond donors (Lipinski definition) is 3. The van der Waals surface area contributed by atoms with E-state index in [2.05, 4.69) is 16.0 Å². The summed E-state index contributed by atoms with van der Waals surface area (Å²) in [5.41, 5.74) is 1.82. The van der Waals surface area contributed by atoms with E-state index in [1.165, 1.54) is 0 Å². The quantitative estimate of drug-likeness (QED) is 0.726. The van der Waals surface area contributed by atoms with E-state index in [9.17, 15) is 9.59 Å². The molecule has 3 N–H and O–H groups in total. The summed E-state index contributed by atoms with van der Waals surface area (Å²) >= 11 is 0. The topological polar surface area (TPSA) is 70.2 Å². The van der Waals surface area contributed by atoms with E-state index in [0.717, 1.165) is 50.0 Å². The van der Waals surface area contributed by atoms with Gasteiger partial charge in [0.05, 0.1) is 0 Å². The second-order valence-electron chi connectivity index (χ2n) is 7.10. The van der Waals surface area contributed by atoms with E-state index in [1.54, 1.807) is 0 Å². The highest BCUT2D eigenvalue weighted by Gasteiger charge is 2.28. The Kier molecular flexibility index (Phi) is 7.26. The molecule has 2 amide bonds. The lowest BCUT2D eigenvalue weighted by Gasteiger charge is -2.31. The normalized spacial score (nSPS) is 18.8. The molecule has 6 heteroatoms. The van der Waals surface area contributed by atoms with Crippen LogP contribution >= 0.6 is 12.4 Å². The second-order valence-corrected chi connectivity index (χ2v) is 7.10. The number of nitrogens with one attached hydrogen (secondary N) is 3. The minimum Gasteiger partial charge on any atom is -0.352 e. The Balaban J connectivity index is 0.00000225. The van der Waals surface area contributed by atoms with Crippen molar-refractivity contribution in [2.75, 3.05) is 18.4 Å². The Hall–Kier alpha value is -1.59. The van der Waals surface area contributed by atoms with Crippen molar-refractivity contribution in [1.29, 1.82) is 0 Å². The van der Waals surface area contributed by atoms with Gasteiger partial charge in [0.25, 0.3) is 0 Å². The number of amides is 2. The molecule has 0 spiro atoms. The second kappa shape index (κ2) is 9.20. The fourth-order valence-electron chi connectivity index (χ4n) is 3.42. The Morgan fingerprint density at radius 2 is 1.96 bits per heavy atom. The van der Waals surface area contributed by atoms with E-state index in [0.29, 0.717) is 12.5 Å². The summed E-state index contributed by atoms with van der Waals surface area (Å²) in [4.78, 5) is 24.4. The molecule has 1 aromatic rings. The highest BCUT2D eigenvalue weighted by atomic mass is 35.5. The van der Waals surface area contributed by atoms with Gasteiger partial charge in [0, 0.05) is 24.1 Å². The third kappa shape index (κ3) is 5.19. The third-order valence-corrected chi connectivity index (χ3v) is 5.32. The highest BCUT2D eigenvalue weighted by molar-refractivity contribution is 5.92. The van der Waals surface area contributed by atoms with Gasteiger partial charge in [0.2, 0.25) is 11.8 Å². The lowest BCUT2D eigenvalue weighted by atomic mass is 9.88. The molecular formula is C19H28ClN3O2. The standard InChI is InChI=1S/C19H27N3O2.ClH/c1-13(16-11-20-12-16)18(23)21-10-14-5-4-8-17(9-14)22-19(24)15-6-2-3-7-15;/h4-5,8-9,13,15-16,20H,2-3,6-7,10-12H2,1H3,(H,21,23)(H,22,24);1H. The van der Waals surface area contributed by atoms with Crippen molar-refractivity contribution in [2.24, 2.45) is 17.8 Å². The number of hydrogen-bond acceptors (Lipinski definition) is 3. The average Bonchev–Trinajstić information content (AvgIpc) is 3.06. The van der Waals surface area contributed by atoms with E-state index in [1.807, 2.05) is 31.2 Å². The molecule has 1 saturated carbocycles. The van der Waals surface area contributed by atoms with Gasteiger partial charge in [-0.05, 0) is 49.5 Å². The van der Waals surface area contributed by atoms with Crippen molar-refractivity contribution in [3.63, 3.8) is 0 Å². The van der Waals surface area contributed by atoms with Crippen molar-refractivity contribution in [3.8, 4) is 0 Å². The first-order valence-corrected chi connectivity index (χ1v) is 9.01. The van der Waals surface area contributed by atoms with Crippen LogP contribution in [-0.4, -0.2) is 24.9 Å². The van der Waals surface area contributed by atoms with Crippen molar-refractivity contribution < 1.29 is 9.59 Å². The van der Waals surface area contributed by atoms with Crippen molar-refractivity contribution >= 4 is 29.9 Å². The molecule has 1 atom stereocenters. The maximum atomic E-state index is 12.2. The molecule has 5 nitrogen and oxygen atoms in total. The zero-order valence-corrected chi connectivity index (χ0v) is 15.5. The van der Waals surface area contributed by atoms with Gasteiger partial charge in [0.1, 0.15) is 0 Å². The van der Waals surface area contributed by atoms with Gasteiger partial charge in [-0.1, -0.05) is 31.9 Å². The molecule has 0 bridgehead atoms. The molecule has 0 aromatic heterocycles. The van der Waals surface area contributed by atoms with Gasteiger partial charge in [-0.2, -0.15) is 0 Å². The lowest BCUT2D eigenvalue weighted by molar-refractivity contribution is -0.126. The minimum atomic E-state index is 0. The van der Waals surface area contributed by atoms with Crippen LogP contribution < -0.4 is 16.0 Å². The first-order chi connectivity index (χ1) is 11.6. The summed E-state index contributed by atoms with van der Waals surface area (Å²) in [5, 5.41) is 9.21. The van der Waals surface area contributed by atoms with Crippen LogP contribution in [0.4, 0.5) is 5.69 Å². The first-order valence-electron chi connectivity index (χ1n) is 9.01. The number of benzene rings is 1. The summed E-state index contributed by atoms with van der Waals surface area (Å²) in [6.45, 7) is 4.34. The van der Waals surface area contributed by atoms with E-state index < -0.39 is 0 Å². The van der Waals surface area contributed by atoms with Crippen molar-refractivity contribution in [2.45, 2.75) is 39.2 Å². The Morgan fingerprint density at radius 3 is 2.60 bits per heavy atom. The summed E-state index contributed by atoms with van der Waals surface area (Å²) < 4.78 is 0. The number of carbonyl (C=O) groups excluding carboxylic acids is 2. The van der Waals surface area contributed by atoms with Gasteiger partial charge in [-0.25, -0.2) is 0 Å². The van der Waals surface area contributed by atoms with Crippen LogP contribution in [-0.2, 0) is 16.1 Å².